The van der Waals surface area contributed by atoms with Gasteiger partial charge in [0.25, 0.3) is 10.2 Å². The van der Waals surface area contributed by atoms with Crippen LogP contribution in [0.5, 0.6) is 0 Å². The Morgan fingerprint density at radius 1 is 1.35 bits per heavy atom. The summed E-state index contributed by atoms with van der Waals surface area (Å²) in [6.07, 6.45) is 2.26. The number of benzene rings is 1. The van der Waals surface area contributed by atoms with Gasteiger partial charge in [-0.25, -0.2) is 0 Å². The second-order valence-electron chi connectivity index (χ2n) is 3.89. The first-order valence-electron chi connectivity index (χ1n) is 5.33. The van der Waals surface area contributed by atoms with Gasteiger partial charge in [-0.15, -0.1) is 6.58 Å². The van der Waals surface area contributed by atoms with Crippen LogP contribution < -0.4 is 4.72 Å². The van der Waals surface area contributed by atoms with Gasteiger partial charge in [0.15, 0.2) is 0 Å². The Balaban J connectivity index is 2.92. The van der Waals surface area contributed by atoms with E-state index in [0.717, 1.165) is 9.87 Å². The van der Waals surface area contributed by atoms with E-state index in [-0.39, 0.29) is 6.04 Å². The van der Waals surface area contributed by atoms with Crippen molar-refractivity contribution in [3.63, 3.8) is 0 Å². The van der Waals surface area contributed by atoms with Crippen molar-refractivity contribution in [3.8, 4) is 0 Å². The van der Waals surface area contributed by atoms with Crippen LogP contribution in [0.25, 0.3) is 0 Å². The molecule has 1 aromatic rings. The largest absolute Gasteiger partial charge is 0.279 e. The fourth-order valence-electron chi connectivity index (χ4n) is 1.39. The lowest BCUT2D eigenvalue weighted by Crippen LogP contribution is -2.37. The van der Waals surface area contributed by atoms with Crippen molar-refractivity contribution >= 4 is 10.2 Å². The number of nitrogens with one attached hydrogen (secondary N) is 1. The predicted octanol–water partition coefficient (Wildman–Crippen LogP) is 1.70. The van der Waals surface area contributed by atoms with Crippen LogP contribution in [0.1, 0.15) is 18.0 Å². The highest BCUT2D eigenvalue weighted by molar-refractivity contribution is 7.87. The molecule has 0 bridgehead atoms. The van der Waals surface area contributed by atoms with Crippen LogP contribution in [0, 0.1) is 0 Å². The van der Waals surface area contributed by atoms with Crippen LogP contribution in [0.3, 0.4) is 0 Å². The van der Waals surface area contributed by atoms with Gasteiger partial charge >= 0.3 is 0 Å². The van der Waals surface area contributed by atoms with E-state index < -0.39 is 10.2 Å². The van der Waals surface area contributed by atoms with E-state index in [2.05, 4.69) is 11.3 Å². The molecule has 1 aromatic carbocycles. The highest BCUT2D eigenvalue weighted by Gasteiger charge is 2.19. The van der Waals surface area contributed by atoms with E-state index in [9.17, 15) is 8.42 Å². The third-order valence-electron chi connectivity index (χ3n) is 2.38. The first-order chi connectivity index (χ1) is 7.97. The number of rotatable bonds is 6. The standard InChI is InChI=1S/C12H18N2O2S/c1-4-8-12(11-9-6-5-7-10-11)13-17(15,16)14(2)3/h4-7,9-10,12-13H,1,8H2,2-3H3. The fourth-order valence-corrected chi connectivity index (χ4v) is 2.19. The van der Waals surface area contributed by atoms with E-state index >= 15 is 0 Å². The topological polar surface area (TPSA) is 49.4 Å². The Bertz CT molecular complexity index is 455. The van der Waals surface area contributed by atoms with Crippen molar-refractivity contribution in [2.75, 3.05) is 14.1 Å². The summed E-state index contributed by atoms with van der Waals surface area (Å²) in [6, 6.07) is 9.18. The smallest absolute Gasteiger partial charge is 0.195 e. The molecule has 0 aliphatic carbocycles. The summed E-state index contributed by atoms with van der Waals surface area (Å²) in [5.41, 5.74) is 0.929. The van der Waals surface area contributed by atoms with Crippen molar-refractivity contribution < 1.29 is 8.42 Å². The minimum atomic E-state index is -3.43. The van der Waals surface area contributed by atoms with Crippen LogP contribution in [0.2, 0.25) is 0 Å². The molecular weight excluding hydrogens is 236 g/mol. The quantitative estimate of drug-likeness (QED) is 0.786. The molecule has 0 fully saturated rings. The zero-order chi connectivity index (χ0) is 12.9. The Labute approximate surface area is 103 Å². The Morgan fingerprint density at radius 3 is 2.41 bits per heavy atom. The van der Waals surface area contributed by atoms with Crippen molar-refractivity contribution in [1.82, 2.24) is 9.03 Å². The highest BCUT2D eigenvalue weighted by atomic mass is 32.2. The number of nitrogens with zero attached hydrogens (tertiary/aromatic N) is 1. The maximum atomic E-state index is 11.8. The first-order valence-corrected chi connectivity index (χ1v) is 6.77. The SMILES string of the molecule is C=CCC(NS(=O)(=O)N(C)C)c1ccccc1. The van der Waals surface area contributed by atoms with Crippen molar-refractivity contribution in [2.45, 2.75) is 12.5 Å². The van der Waals surface area contributed by atoms with Gasteiger partial charge in [-0.3, -0.25) is 0 Å². The van der Waals surface area contributed by atoms with Crippen LogP contribution in [0.4, 0.5) is 0 Å². The lowest BCUT2D eigenvalue weighted by atomic mass is 10.1. The summed E-state index contributed by atoms with van der Waals surface area (Å²) < 4.78 is 27.3. The molecule has 1 rings (SSSR count). The molecule has 0 spiro atoms. The number of hydrogen-bond donors (Lipinski definition) is 1. The minimum Gasteiger partial charge on any atom is -0.195 e. The Hall–Kier alpha value is -1.17. The number of hydrogen-bond acceptors (Lipinski definition) is 2. The molecule has 0 aliphatic heterocycles. The van der Waals surface area contributed by atoms with Crippen molar-refractivity contribution in [2.24, 2.45) is 0 Å². The van der Waals surface area contributed by atoms with E-state index in [1.165, 1.54) is 14.1 Å². The second-order valence-corrected chi connectivity index (χ2v) is 5.81. The molecule has 0 heterocycles. The lowest BCUT2D eigenvalue weighted by Gasteiger charge is -2.20. The molecule has 1 unspecified atom stereocenters. The Kier molecular flexibility index (Phi) is 4.86. The van der Waals surface area contributed by atoms with E-state index in [1.807, 2.05) is 30.3 Å². The summed E-state index contributed by atoms with van der Waals surface area (Å²) in [4.78, 5) is 0. The lowest BCUT2D eigenvalue weighted by molar-refractivity contribution is 0.489. The van der Waals surface area contributed by atoms with Gasteiger partial charge in [0.05, 0.1) is 6.04 Å². The average molecular weight is 254 g/mol. The normalized spacial score (nSPS) is 13.6. The monoisotopic (exact) mass is 254 g/mol. The molecule has 0 saturated carbocycles. The molecule has 1 atom stereocenters. The average Bonchev–Trinajstić information content (AvgIpc) is 2.29. The van der Waals surface area contributed by atoms with Crippen molar-refractivity contribution in [1.29, 1.82) is 0 Å². The van der Waals surface area contributed by atoms with Gasteiger partial charge in [0.1, 0.15) is 0 Å². The predicted molar refractivity (Wildman–Crippen MR) is 69.7 cm³/mol. The molecule has 0 saturated heterocycles. The minimum absolute atomic E-state index is 0.277. The molecule has 4 nitrogen and oxygen atoms in total. The van der Waals surface area contributed by atoms with Crippen LogP contribution in [-0.2, 0) is 10.2 Å². The second kappa shape index (κ2) is 5.95. The van der Waals surface area contributed by atoms with Gasteiger partial charge in [-0.1, -0.05) is 36.4 Å². The summed E-state index contributed by atoms with van der Waals surface area (Å²) in [5.74, 6) is 0. The molecule has 1 N–H and O–H groups in total. The third kappa shape index (κ3) is 3.96. The summed E-state index contributed by atoms with van der Waals surface area (Å²) in [6.45, 7) is 3.65. The summed E-state index contributed by atoms with van der Waals surface area (Å²) in [7, 11) is -0.436. The molecule has 0 radical (unpaired) electrons. The van der Waals surface area contributed by atoms with Gasteiger partial charge < -0.3 is 0 Å². The van der Waals surface area contributed by atoms with Crippen LogP contribution in [0.15, 0.2) is 43.0 Å². The summed E-state index contributed by atoms with van der Waals surface area (Å²) >= 11 is 0. The first kappa shape index (κ1) is 13.9. The van der Waals surface area contributed by atoms with Crippen LogP contribution >= 0.6 is 0 Å². The van der Waals surface area contributed by atoms with Gasteiger partial charge in [0.2, 0.25) is 0 Å². The van der Waals surface area contributed by atoms with E-state index in [1.54, 1.807) is 6.08 Å². The van der Waals surface area contributed by atoms with E-state index in [0.29, 0.717) is 6.42 Å². The molecule has 5 heteroatoms. The molecule has 0 aromatic heterocycles. The molecule has 0 aliphatic rings. The summed E-state index contributed by atoms with van der Waals surface area (Å²) in [5, 5.41) is 0. The third-order valence-corrected chi connectivity index (χ3v) is 3.92. The van der Waals surface area contributed by atoms with Crippen molar-refractivity contribution in [3.05, 3.63) is 48.6 Å². The van der Waals surface area contributed by atoms with Gasteiger partial charge in [-0.2, -0.15) is 17.4 Å². The fraction of sp³-hybridized carbons (Fsp3) is 0.333. The molecular formula is C12H18N2O2S. The zero-order valence-electron chi connectivity index (χ0n) is 10.1. The molecule has 17 heavy (non-hydrogen) atoms. The molecule has 0 amide bonds. The maximum Gasteiger partial charge on any atom is 0.279 e. The molecule has 94 valence electrons. The highest BCUT2D eigenvalue weighted by Crippen LogP contribution is 2.18. The van der Waals surface area contributed by atoms with Gasteiger partial charge in [0, 0.05) is 14.1 Å². The van der Waals surface area contributed by atoms with Crippen LogP contribution in [-0.4, -0.2) is 26.8 Å². The zero-order valence-corrected chi connectivity index (χ0v) is 10.9. The Morgan fingerprint density at radius 2 is 1.94 bits per heavy atom. The maximum absolute atomic E-state index is 11.8. The van der Waals surface area contributed by atoms with Gasteiger partial charge in [-0.05, 0) is 12.0 Å². The van der Waals surface area contributed by atoms with E-state index in [4.69, 9.17) is 0 Å².